The van der Waals surface area contributed by atoms with Crippen molar-refractivity contribution >= 4 is 5.91 Å². The van der Waals surface area contributed by atoms with Crippen molar-refractivity contribution in [3.05, 3.63) is 35.5 Å². The zero-order valence-corrected chi connectivity index (χ0v) is 18.1. The van der Waals surface area contributed by atoms with Crippen molar-refractivity contribution in [3.63, 3.8) is 0 Å². The molecule has 0 fully saturated rings. The maximum atomic E-state index is 12.3. The summed E-state index contributed by atoms with van der Waals surface area (Å²) in [6.45, 7) is 11.0. The summed E-state index contributed by atoms with van der Waals surface area (Å²) in [5.41, 5.74) is 0.984. The molecule has 6 nitrogen and oxygen atoms in total. The van der Waals surface area contributed by atoms with E-state index in [-0.39, 0.29) is 22.4 Å². The summed E-state index contributed by atoms with van der Waals surface area (Å²) in [6.07, 6.45) is 3.03. The van der Waals surface area contributed by atoms with E-state index >= 15 is 0 Å². The van der Waals surface area contributed by atoms with Gasteiger partial charge in [-0.1, -0.05) is 26.8 Å². The molecule has 0 aliphatic carbocycles. The summed E-state index contributed by atoms with van der Waals surface area (Å²) in [4.78, 5) is 12.3. The molecule has 1 aromatic carbocycles. The van der Waals surface area contributed by atoms with Crippen molar-refractivity contribution in [2.45, 2.75) is 53.0 Å². The van der Waals surface area contributed by atoms with Crippen LogP contribution in [0.3, 0.4) is 0 Å². The quantitative estimate of drug-likeness (QED) is 0.500. The highest BCUT2D eigenvalue weighted by Gasteiger charge is 2.24. The second-order valence-electron chi connectivity index (χ2n) is 8.63. The number of nitrogens with one attached hydrogen (secondary N) is 2. The Bertz CT molecular complexity index is 740. The number of methoxy groups -OCH3 is 2. The number of rotatable bonds is 9. The Labute approximate surface area is 168 Å². The van der Waals surface area contributed by atoms with Crippen LogP contribution >= 0.6 is 0 Å². The van der Waals surface area contributed by atoms with E-state index in [0.29, 0.717) is 24.5 Å². The number of carbonyl (C=O) groups excluding carboxylic acids is 1. The first-order valence-corrected chi connectivity index (χ1v) is 9.38. The van der Waals surface area contributed by atoms with E-state index in [1.54, 1.807) is 14.2 Å². The number of carbonyl (C=O) groups is 1. The number of nitrogens with zero attached hydrogens (tertiary/aromatic N) is 1. The van der Waals surface area contributed by atoms with E-state index in [2.05, 4.69) is 45.3 Å². The van der Waals surface area contributed by atoms with Crippen LogP contribution in [0.25, 0.3) is 0 Å². The molecule has 0 spiro atoms. The molecule has 0 saturated heterocycles. The van der Waals surface area contributed by atoms with Crippen LogP contribution in [0, 0.1) is 16.7 Å². The third-order valence-corrected chi connectivity index (χ3v) is 4.09. The summed E-state index contributed by atoms with van der Waals surface area (Å²) in [7, 11) is 3.17. The summed E-state index contributed by atoms with van der Waals surface area (Å²) in [6, 6.07) is 7.60. The lowest BCUT2D eigenvalue weighted by molar-refractivity contribution is -0.117. The van der Waals surface area contributed by atoms with Gasteiger partial charge in [-0.2, -0.15) is 5.26 Å². The zero-order valence-electron chi connectivity index (χ0n) is 18.1. The highest BCUT2D eigenvalue weighted by atomic mass is 16.5. The molecule has 1 aromatic rings. The molecule has 1 amide bonds. The molecule has 0 unspecified atom stereocenters. The van der Waals surface area contributed by atoms with E-state index in [0.717, 1.165) is 12.0 Å². The highest BCUT2D eigenvalue weighted by Crippen LogP contribution is 2.28. The monoisotopic (exact) mass is 387 g/mol. The van der Waals surface area contributed by atoms with Gasteiger partial charge in [0, 0.05) is 18.3 Å². The summed E-state index contributed by atoms with van der Waals surface area (Å²) < 4.78 is 10.5. The number of hydrogen-bond donors (Lipinski definition) is 2. The smallest absolute Gasteiger partial charge is 0.263 e. The Morgan fingerprint density at radius 3 is 2.32 bits per heavy atom. The van der Waals surface area contributed by atoms with Gasteiger partial charge in [-0.3, -0.25) is 4.79 Å². The van der Waals surface area contributed by atoms with Crippen LogP contribution in [0.4, 0.5) is 0 Å². The molecule has 0 aliphatic rings. The summed E-state index contributed by atoms with van der Waals surface area (Å²) in [5, 5.41) is 15.3. The third-order valence-electron chi connectivity index (χ3n) is 4.09. The largest absolute Gasteiger partial charge is 0.493 e. The van der Waals surface area contributed by atoms with E-state index in [1.807, 2.05) is 24.3 Å². The molecule has 0 radical (unpaired) electrons. The fraction of sp³-hybridized carbons (Fsp3) is 0.545. The van der Waals surface area contributed by atoms with Gasteiger partial charge >= 0.3 is 0 Å². The minimum Gasteiger partial charge on any atom is -0.493 e. The van der Waals surface area contributed by atoms with Crippen LogP contribution in [-0.2, 0) is 11.2 Å². The molecule has 154 valence electrons. The number of amides is 1. The van der Waals surface area contributed by atoms with Crippen LogP contribution in [0.1, 0.15) is 46.6 Å². The maximum absolute atomic E-state index is 12.3. The second-order valence-corrected chi connectivity index (χ2v) is 8.63. The molecule has 0 aromatic heterocycles. The summed E-state index contributed by atoms with van der Waals surface area (Å²) >= 11 is 0. The Morgan fingerprint density at radius 2 is 1.79 bits per heavy atom. The lowest BCUT2D eigenvalue weighted by atomic mass is 9.82. The van der Waals surface area contributed by atoms with Crippen molar-refractivity contribution in [1.82, 2.24) is 10.6 Å². The van der Waals surface area contributed by atoms with Crippen molar-refractivity contribution in [1.29, 1.82) is 5.26 Å². The predicted octanol–water partition coefficient (Wildman–Crippen LogP) is 3.57. The minimum absolute atomic E-state index is 0.0642. The SMILES string of the molecule is COc1ccc(CCNC(=O)/C(C#N)=C\NC(C)(C)CC(C)(C)C)cc1OC. The average Bonchev–Trinajstić information content (AvgIpc) is 2.59. The Hall–Kier alpha value is -2.68. The Balaban J connectivity index is 2.64. The second kappa shape index (κ2) is 10.0. The first-order valence-electron chi connectivity index (χ1n) is 9.38. The van der Waals surface area contributed by atoms with Gasteiger partial charge in [-0.25, -0.2) is 0 Å². The topological polar surface area (TPSA) is 83.4 Å². The van der Waals surface area contributed by atoms with Gasteiger partial charge in [0.1, 0.15) is 11.6 Å². The molecule has 28 heavy (non-hydrogen) atoms. The van der Waals surface area contributed by atoms with Crippen molar-refractivity contribution in [2.24, 2.45) is 5.41 Å². The molecular weight excluding hydrogens is 354 g/mol. The van der Waals surface area contributed by atoms with Crippen LogP contribution < -0.4 is 20.1 Å². The number of benzene rings is 1. The van der Waals surface area contributed by atoms with Gasteiger partial charge in [-0.15, -0.1) is 0 Å². The molecular formula is C22H33N3O3. The number of hydrogen-bond acceptors (Lipinski definition) is 5. The fourth-order valence-electron chi connectivity index (χ4n) is 3.24. The first-order chi connectivity index (χ1) is 13.0. The van der Waals surface area contributed by atoms with Gasteiger partial charge in [0.15, 0.2) is 11.5 Å². The van der Waals surface area contributed by atoms with Crippen LogP contribution in [0.2, 0.25) is 0 Å². The highest BCUT2D eigenvalue weighted by molar-refractivity contribution is 5.97. The van der Waals surface area contributed by atoms with Gasteiger partial charge in [0.05, 0.1) is 14.2 Å². The van der Waals surface area contributed by atoms with Gasteiger partial charge < -0.3 is 20.1 Å². The zero-order chi connectivity index (χ0) is 21.4. The first kappa shape index (κ1) is 23.4. The summed E-state index contributed by atoms with van der Waals surface area (Å²) in [5.74, 6) is 0.921. The molecule has 0 heterocycles. The van der Waals surface area contributed by atoms with Gasteiger partial charge in [0.2, 0.25) is 0 Å². The van der Waals surface area contributed by atoms with Crippen LogP contribution in [-0.4, -0.2) is 32.2 Å². The van der Waals surface area contributed by atoms with Crippen molar-refractivity contribution in [3.8, 4) is 17.6 Å². The van der Waals surface area contributed by atoms with Crippen molar-refractivity contribution < 1.29 is 14.3 Å². The van der Waals surface area contributed by atoms with E-state index in [1.165, 1.54) is 6.20 Å². The van der Waals surface area contributed by atoms with Crippen molar-refractivity contribution in [2.75, 3.05) is 20.8 Å². The molecule has 0 atom stereocenters. The number of ether oxygens (including phenoxy) is 2. The molecule has 6 heteroatoms. The third kappa shape index (κ3) is 7.91. The average molecular weight is 388 g/mol. The van der Waals surface area contributed by atoms with E-state index in [4.69, 9.17) is 9.47 Å². The normalized spacial score (nSPS) is 12.1. The standard InChI is InChI=1S/C22H33N3O3/c1-21(2,3)15-22(4,5)25-14-17(13-23)20(26)24-11-10-16-8-9-18(27-6)19(12-16)28-7/h8-9,12,14,25H,10-11,15H2,1-7H3,(H,24,26)/b17-14-. The van der Waals surface area contributed by atoms with E-state index < -0.39 is 0 Å². The fourth-order valence-corrected chi connectivity index (χ4v) is 3.24. The van der Waals surface area contributed by atoms with Gasteiger partial charge in [-0.05, 0) is 49.8 Å². The Morgan fingerprint density at radius 1 is 1.14 bits per heavy atom. The molecule has 0 bridgehead atoms. The Kier molecular flexibility index (Phi) is 8.36. The number of nitriles is 1. The lowest BCUT2D eigenvalue weighted by Crippen LogP contribution is -2.40. The minimum atomic E-state index is -0.387. The molecule has 2 N–H and O–H groups in total. The van der Waals surface area contributed by atoms with Gasteiger partial charge in [0.25, 0.3) is 5.91 Å². The maximum Gasteiger partial charge on any atom is 0.263 e. The lowest BCUT2D eigenvalue weighted by Gasteiger charge is -2.33. The predicted molar refractivity (Wildman–Crippen MR) is 111 cm³/mol. The molecule has 0 aliphatic heterocycles. The molecule has 0 saturated carbocycles. The van der Waals surface area contributed by atoms with E-state index in [9.17, 15) is 10.1 Å². The van der Waals surface area contributed by atoms with Crippen LogP contribution in [0.15, 0.2) is 30.0 Å². The molecule has 1 rings (SSSR count). The van der Waals surface area contributed by atoms with Crippen LogP contribution in [0.5, 0.6) is 11.5 Å².